The number of amides is 1. The first-order valence-electron chi connectivity index (χ1n) is 8.67. The average molecular weight is 359 g/mol. The zero-order chi connectivity index (χ0) is 18.4. The van der Waals surface area contributed by atoms with Crippen LogP contribution in [0.25, 0.3) is 0 Å². The van der Waals surface area contributed by atoms with Gasteiger partial charge in [-0.1, -0.05) is 18.0 Å². The van der Waals surface area contributed by atoms with E-state index >= 15 is 0 Å². The molecule has 3 rings (SSSR count). The van der Waals surface area contributed by atoms with Crippen LogP contribution in [-0.2, 0) is 16.0 Å². The van der Waals surface area contributed by atoms with E-state index in [4.69, 9.17) is 14.4 Å². The summed E-state index contributed by atoms with van der Waals surface area (Å²) < 4.78 is 10.3. The Hall–Kier alpha value is -2.90. The van der Waals surface area contributed by atoms with Crippen LogP contribution in [0, 0.1) is 0 Å². The van der Waals surface area contributed by atoms with Gasteiger partial charge in [0.1, 0.15) is 5.75 Å². The Labute approximate surface area is 150 Å². The summed E-state index contributed by atoms with van der Waals surface area (Å²) in [6.45, 7) is -0.404. The molecular weight excluding hydrogens is 338 g/mol. The van der Waals surface area contributed by atoms with Crippen LogP contribution in [0.15, 0.2) is 28.8 Å². The maximum Gasteiger partial charge on any atom is 0.341 e. The Morgan fingerprint density at radius 2 is 1.96 bits per heavy atom. The molecule has 1 aliphatic rings. The first kappa shape index (κ1) is 17.9. The molecule has 1 aromatic carbocycles. The molecule has 1 fully saturated rings. The fraction of sp³-hybridized carbons (Fsp3) is 0.444. The number of anilines is 1. The van der Waals surface area contributed by atoms with Gasteiger partial charge in [0.05, 0.1) is 0 Å². The number of aromatic nitrogens is 2. The van der Waals surface area contributed by atoms with Crippen LogP contribution in [0.2, 0.25) is 0 Å². The van der Waals surface area contributed by atoms with Gasteiger partial charge in [0, 0.05) is 24.4 Å². The van der Waals surface area contributed by atoms with Crippen molar-refractivity contribution in [1.29, 1.82) is 0 Å². The normalized spacial score (nSPS) is 14.3. The summed E-state index contributed by atoms with van der Waals surface area (Å²) in [6, 6.07) is 6.51. The summed E-state index contributed by atoms with van der Waals surface area (Å²) in [7, 11) is 0. The van der Waals surface area contributed by atoms with E-state index in [1.54, 1.807) is 24.3 Å². The first-order valence-corrected chi connectivity index (χ1v) is 8.67. The van der Waals surface area contributed by atoms with Gasteiger partial charge in [0.25, 0.3) is 0 Å². The molecule has 1 saturated carbocycles. The molecule has 0 radical (unpaired) electrons. The molecule has 8 nitrogen and oxygen atoms in total. The highest BCUT2D eigenvalue weighted by atomic mass is 16.5. The van der Waals surface area contributed by atoms with E-state index in [0.717, 1.165) is 18.7 Å². The van der Waals surface area contributed by atoms with Crippen molar-refractivity contribution in [2.24, 2.45) is 0 Å². The minimum Gasteiger partial charge on any atom is -0.482 e. The van der Waals surface area contributed by atoms with Crippen LogP contribution in [0.5, 0.6) is 5.75 Å². The summed E-state index contributed by atoms with van der Waals surface area (Å²) in [6.07, 6.45) is 5.25. The van der Waals surface area contributed by atoms with Gasteiger partial charge >= 0.3 is 5.97 Å². The SMILES string of the molecule is O=C(O)COc1ccc(NC(=O)CCc2nc(C3CCCC3)no2)cc1. The van der Waals surface area contributed by atoms with Gasteiger partial charge < -0.3 is 19.7 Å². The lowest BCUT2D eigenvalue weighted by Crippen LogP contribution is -2.12. The quantitative estimate of drug-likeness (QED) is 0.744. The maximum atomic E-state index is 12.0. The van der Waals surface area contributed by atoms with E-state index in [9.17, 15) is 9.59 Å². The fourth-order valence-electron chi connectivity index (χ4n) is 2.94. The molecule has 1 amide bonds. The van der Waals surface area contributed by atoms with Gasteiger partial charge in [0.2, 0.25) is 11.8 Å². The lowest BCUT2D eigenvalue weighted by molar-refractivity contribution is -0.139. The van der Waals surface area contributed by atoms with Crippen molar-refractivity contribution in [3.63, 3.8) is 0 Å². The molecule has 2 N–H and O–H groups in total. The molecule has 1 aliphatic carbocycles. The molecule has 26 heavy (non-hydrogen) atoms. The number of aliphatic carboxylic acids is 1. The van der Waals surface area contributed by atoms with Crippen molar-refractivity contribution in [2.45, 2.75) is 44.4 Å². The molecule has 1 heterocycles. The highest BCUT2D eigenvalue weighted by molar-refractivity contribution is 5.90. The zero-order valence-electron chi connectivity index (χ0n) is 14.3. The van der Waals surface area contributed by atoms with Crippen LogP contribution >= 0.6 is 0 Å². The number of hydrogen-bond donors (Lipinski definition) is 2. The van der Waals surface area contributed by atoms with Gasteiger partial charge in [-0.05, 0) is 37.1 Å². The molecule has 0 aliphatic heterocycles. The van der Waals surface area contributed by atoms with Crippen molar-refractivity contribution < 1.29 is 24.0 Å². The third-order valence-corrected chi connectivity index (χ3v) is 4.27. The lowest BCUT2D eigenvalue weighted by Gasteiger charge is -2.06. The maximum absolute atomic E-state index is 12.0. The number of aryl methyl sites for hydroxylation is 1. The van der Waals surface area contributed by atoms with E-state index < -0.39 is 12.6 Å². The van der Waals surface area contributed by atoms with Crippen molar-refractivity contribution in [3.8, 4) is 5.75 Å². The highest BCUT2D eigenvalue weighted by Gasteiger charge is 2.22. The number of hydrogen-bond acceptors (Lipinski definition) is 6. The molecule has 0 bridgehead atoms. The Morgan fingerprint density at radius 1 is 1.23 bits per heavy atom. The Bertz CT molecular complexity index is 750. The molecule has 1 aromatic heterocycles. The minimum absolute atomic E-state index is 0.162. The Balaban J connectivity index is 1.44. The number of carboxylic acid groups (broad SMARTS) is 1. The van der Waals surface area contributed by atoms with Crippen molar-refractivity contribution >= 4 is 17.6 Å². The molecule has 2 aromatic rings. The number of nitrogens with one attached hydrogen (secondary N) is 1. The van der Waals surface area contributed by atoms with E-state index in [-0.39, 0.29) is 12.3 Å². The second-order valence-corrected chi connectivity index (χ2v) is 6.28. The Kier molecular flexibility index (Phi) is 5.83. The first-order chi connectivity index (χ1) is 12.6. The topological polar surface area (TPSA) is 115 Å². The van der Waals surface area contributed by atoms with E-state index in [2.05, 4.69) is 15.5 Å². The second kappa shape index (κ2) is 8.46. The van der Waals surface area contributed by atoms with Gasteiger partial charge in [-0.15, -0.1) is 0 Å². The number of carbonyl (C=O) groups is 2. The van der Waals surface area contributed by atoms with E-state index in [1.807, 2.05) is 0 Å². The van der Waals surface area contributed by atoms with Crippen LogP contribution in [0.1, 0.15) is 49.7 Å². The average Bonchev–Trinajstić information content (AvgIpc) is 3.30. The number of ether oxygens (including phenoxy) is 1. The van der Waals surface area contributed by atoms with Crippen molar-refractivity contribution in [2.75, 3.05) is 11.9 Å². The minimum atomic E-state index is -1.04. The summed E-state index contributed by atoms with van der Waals surface area (Å²) >= 11 is 0. The van der Waals surface area contributed by atoms with Crippen LogP contribution in [-0.4, -0.2) is 33.7 Å². The van der Waals surface area contributed by atoms with Crippen LogP contribution < -0.4 is 10.1 Å². The highest BCUT2D eigenvalue weighted by Crippen LogP contribution is 2.32. The molecule has 138 valence electrons. The predicted octanol–water partition coefficient (Wildman–Crippen LogP) is 2.76. The van der Waals surface area contributed by atoms with Crippen LogP contribution in [0.4, 0.5) is 5.69 Å². The van der Waals surface area contributed by atoms with E-state index in [1.165, 1.54) is 12.8 Å². The zero-order valence-corrected chi connectivity index (χ0v) is 14.3. The molecule has 0 unspecified atom stereocenters. The molecule has 0 atom stereocenters. The third-order valence-electron chi connectivity index (χ3n) is 4.27. The summed E-state index contributed by atoms with van der Waals surface area (Å²) in [5.74, 6) is 0.859. The molecule has 8 heteroatoms. The number of carbonyl (C=O) groups excluding carboxylic acids is 1. The lowest BCUT2D eigenvalue weighted by atomic mass is 10.1. The van der Waals surface area contributed by atoms with Crippen LogP contribution in [0.3, 0.4) is 0 Å². The van der Waals surface area contributed by atoms with Gasteiger partial charge in [-0.25, -0.2) is 4.79 Å². The fourth-order valence-corrected chi connectivity index (χ4v) is 2.94. The monoisotopic (exact) mass is 359 g/mol. The standard InChI is InChI=1S/C18H21N3O5/c22-15(19-13-5-7-14(8-6-13)25-11-17(23)24)9-10-16-20-18(21-26-16)12-3-1-2-4-12/h5-8,12H,1-4,9-11H2,(H,19,22)(H,23,24). The van der Waals surface area contributed by atoms with Gasteiger partial charge in [-0.3, -0.25) is 4.79 Å². The largest absolute Gasteiger partial charge is 0.482 e. The summed E-state index contributed by atoms with van der Waals surface area (Å²) in [5, 5.41) is 15.4. The number of rotatable bonds is 8. The van der Waals surface area contributed by atoms with Crippen molar-refractivity contribution in [1.82, 2.24) is 10.1 Å². The third kappa shape index (κ3) is 5.05. The molecule has 0 saturated heterocycles. The van der Waals surface area contributed by atoms with Crippen molar-refractivity contribution in [3.05, 3.63) is 36.0 Å². The molecule has 0 spiro atoms. The molecular formula is C18H21N3O5. The smallest absolute Gasteiger partial charge is 0.341 e. The number of nitrogens with zero attached hydrogens (tertiary/aromatic N) is 2. The predicted molar refractivity (Wildman–Crippen MR) is 92.0 cm³/mol. The van der Waals surface area contributed by atoms with E-state index in [0.29, 0.717) is 29.7 Å². The second-order valence-electron chi connectivity index (χ2n) is 6.28. The summed E-state index contributed by atoms with van der Waals surface area (Å²) in [5.41, 5.74) is 0.606. The Morgan fingerprint density at radius 3 is 2.65 bits per heavy atom. The van der Waals surface area contributed by atoms with Gasteiger partial charge in [-0.2, -0.15) is 4.98 Å². The number of carboxylic acids is 1. The number of benzene rings is 1. The summed E-state index contributed by atoms with van der Waals surface area (Å²) in [4.78, 5) is 26.9. The van der Waals surface area contributed by atoms with Gasteiger partial charge in [0.15, 0.2) is 12.4 Å².